The quantitative estimate of drug-likeness (QED) is 0.321. The van der Waals surface area contributed by atoms with Crippen molar-refractivity contribution in [1.29, 1.82) is 0 Å². The molecule has 8 nitrogen and oxygen atoms in total. The van der Waals surface area contributed by atoms with Gasteiger partial charge in [0.1, 0.15) is 12.2 Å². The lowest BCUT2D eigenvalue weighted by atomic mass is 9.85. The Morgan fingerprint density at radius 2 is 2.06 bits per heavy atom. The number of aliphatic hydroxyl groups is 5. The van der Waals surface area contributed by atoms with Crippen LogP contribution in [-0.2, 0) is 9.53 Å². The molecule has 0 aromatic rings. The van der Waals surface area contributed by atoms with E-state index in [2.05, 4.69) is 0 Å². The topological polar surface area (TPSA) is 148 Å². The second kappa shape index (κ2) is 5.47. The van der Waals surface area contributed by atoms with Crippen molar-refractivity contribution in [3.05, 3.63) is 0 Å². The van der Waals surface area contributed by atoms with Gasteiger partial charge >= 0.3 is 5.97 Å². The summed E-state index contributed by atoms with van der Waals surface area (Å²) in [4.78, 5) is 10.9. The van der Waals surface area contributed by atoms with E-state index in [1.165, 1.54) is 6.92 Å². The van der Waals surface area contributed by atoms with Gasteiger partial charge in [-0.2, -0.15) is 0 Å². The highest BCUT2D eigenvalue weighted by Crippen LogP contribution is 2.33. The molecule has 6 N–H and O–H groups in total. The van der Waals surface area contributed by atoms with Crippen molar-refractivity contribution in [2.75, 3.05) is 6.61 Å². The van der Waals surface area contributed by atoms with Gasteiger partial charge in [-0.1, -0.05) is 6.92 Å². The molecule has 0 spiro atoms. The Morgan fingerprint density at radius 3 is 2.50 bits per heavy atom. The van der Waals surface area contributed by atoms with Gasteiger partial charge in [-0.05, 0) is 0 Å². The molecule has 1 aliphatic heterocycles. The minimum Gasteiger partial charge on any atom is -0.477 e. The van der Waals surface area contributed by atoms with Crippen molar-refractivity contribution >= 4 is 5.97 Å². The number of hydrogen-bond acceptors (Lipinski definition) is 7. The van der Waals surface area contributed by atoms with E-state index in [0.717, 1.165) is 0 Å². The van der Waals surface area contributed by atoms with Crippen LogP contribution >= 0.6 is 0 Å². The number of carboxylic acid groups (broad SMARTS) is 1. The highest BCUT2D eigenvalue weighted by Gasteiger charge is 2.51. The van der Waals surface area contributed by atoms with Crippen LogP contribution in [0.1, 0.15) is 13.3 Å². The lowest BCUT2D eigenvalue weighted by molar-refractivity contribution is -0.302. The zero-order valence-corrected chi connectivity index (χ0v) is 9.80. The van der Waals surface area contributed by atoms with Gasteiger partial charge in [0.25, 0.3) is 5.79 Å². The van der Waals surface area contributed by atoms with Crippen LogP contribution in [0.5, 0.6) is 0 Å². The summed E-state index contributed by atoms with van der Waals surface area (Å²) < 4.78 is 4.88. The highest BCUT2D eigenvalue weighted by atomic mass is 16.7. The molecule has 5 unspecified atom stereocenters. The summed E-state index contributed by atoms with van der Waals surface area (Å²) in [6.07, 6.45) is -6.24. The van der Waals surface area contributed by atoms with E-state index >= 15 is 0 Å². The van der Waals surface area contributed by atoms with E-state index in [9.17, 15) is 25.2 Å². The van der Waals surface area contributed by atoms with Crippen LogP contribution in [0.15, 0.2) is 0 Å². The maximum Gasteiger partial charge on any atom is 0.364 e. The molecule has 0 aromatic carbocycles. The number of ether oxygens (including phenoxy) is 1. The van der Waals surface area contributed by atoms with Crippen molar-refractivity contribution in [2.24, 2.45) is 5.92 Å². The van der Waals surface area contributed by atoms with Gasteiger partial charge < -0.3 is 35.4 Å². The summed E-state index contributed by atoms with van der Waals surface area (Å²) in [5.41, 5.74) is 0. The second-order valence-corrected chi connectivity index (χ2v) is 4.54. The Bertz CT molecular complexity index is 308. The molecular weight excluding hydrogens is 248 g/mol. The summed E-state index contributed by atoms with van der Waals surface area (Å²) >= 11 is 0. The molecule has 106 valence electrons. The van der Waals surface area contributed by atoms with Gasteiger partial charge in [-0.15, -0.1) is 0 Å². The standard InChI is InChI=1S/C10H18O8/c1-4-5(12)2-10(17,9(15)16)18-8(4)7(14)6(13)3-11/h4-8,11-14,17H,2-3H2,1H3,(H,15,16)/t4?,5?,6-,7?,8?,10?/m1/s1. The molecule has 0 aliphatic carbocycles. The van der Waals surface area contributed by atoms with Crippen LogP contribution in [-0.4, -0.2) is 73.4 Å². The van der Waals surface area contributed by atoms with Crippen LogP contribution < -0.4 is 0 Å². The number of aliphatic carboxylic acids is 1. The monoisotopic (exact) mass is 266 g/mol. The van der Waals surface area contributed by atoms with Gasteiger partial charge in [0.15, 0.2) is 0 Å². The predicted octanol–water partition coefficient (Wildman–Crippen LogP) is -2.74. The second-order valence-electron chi connectivity index (χ2n) is 4.54. The first-order chi connectivity index (χ1) is 8.23. The van der Waals surface area contributed by atoms with Crippen molar-refractivity contribution in [3.63, 3.8) is 0 Å². The van der Waals surface area contributed by atoms with Crippen molar-refractivity contribution in [3.8, 4) is 0 Å². The largest absolute Gasteiger partial charge is 0.477 e. The third-order valence-electron chi connectivity index (χ3n) is 3.19. The maximum atomic E-state index is 10.9. The summed E-state index contributed by atoms with van der Waals surface area (Å²) in [7, 11) is 0. The van der Waals surface area contributed by atoms with Crippen LogP contribution in [0, 0.1) is 5.92 Å². The molecule has 1 saturated heterocycles. The first-order valence-corrected chi connectivity index (χ1v) is 5.51. The zero-order valence-electron chi connectivity index (χ0n) is 9.80. The molecule has 1 rings (SSSR count). The molecule has 0 bridgehead atoms. The summed E-state index contributed by atoms with van der Waals surface area (Å²) in [5, 5.41) is 55.9. The van der Waals surface area contributed by atoms with Crippen LogP contribution in [0.25, 0.3) is 0 Å². The number of aliphatic hydroxyl groups excluding tert-OH is 4. The Hall–Kier alpha value is -0.770. The summed E-state index contributed by atoms with van der Waals surface area (Å²) in [6, 6.07) is 0. The molecule has 1 heterocycles. The molecule has 8 heteroatoms. The Labute approximate surface area is 103 Å². The van der Waals surface area contributed by atoms with Crippen molar-refractivity contribution in [1.82, 2.24) is 0 Å². The predicted molar refractivity (Wildman–Crippen MR) is 56.3 cm³/mol. The van der Waals surface area contributed by atoms with E-state index in [1.54, 1.807) is 0 Å². The Morgan fingerprint density at radius 1 is 1.50 bits per heavy atom. The van der Waals surface area contributed by atoms with Gasteiger partial charge in [0.05, 0.1) is 18.8 Å². The van der Waals surface area contributed by atoms with Crippen molar-refractivity contribution in [2.45, 2.75) is 43.5 Å². The van der Waals surface area contributed by atoms with Gasteiger partial charge in [-0.25, -0.2) is 4.79 Å². The molecule has 0 aromatic heterocycles. The van der Waals surface area contributed by atoms with Crippen LogP contribution in [0.4, 0.5) is 0 Å². The lowest BCUT2D eigenvalue weighted by Gasteiger charge is -2.43. The fourth-order valence-corrected chi connectivity index (χ4v) is 1.91. The molecule has 1 aliphatic rings. The minimum absolute atomic E-state index is 0.540. The SMILES string of the molecule is CC1C(O)CC(O)(C(=O)O)OC1C(O)[C@H](O)CO. The number of hydrogen-bond donors (Lipinski definition) is 6. The molecule has 0 saturated carbocycles. The van der Waals surface area contributed by atoms with E-state index in [1.807, 2.05) is 0 Å². The van der Waals surface area contributed by atoms with E-state index in [-0.39, 0.29) is 0 Å². The van der Waals surface area contributed by atoms with Crippen molar-refractivity contribution < 1.29 is 40.2 Å². The third kappa shape index (κ3) is 2.79. The lowest BCUT2D eigenvalue weighted by Crippen LogP contribution is -2.60. The smallest absolute Gasteiger partial charge is 0.364 e. The number of rotatable bonds is 4. The molecule has 18 heavy (non-hydrogen) atoms. The molecular formula is C10H18O8. The van der Waals surface area contributed by atoms with E-state index < -0.39 is 55.1 Å². The summed E-state index contributed by atoms with van der Waals surface area (Å²) in [6.45, 7) is 0.722. The summed E-state index contributed by atoms with van der Waals surface area (Å²) in [5.74, 6) is -5.02. The third-order valence-corrected chi connectivity index (χ3v) is 3.19. The highest BCUT2D eigenvalue weighted by molar-refractivity contribution is 5.75. The fraction of sp³-hybridized carbons (Fsp3) is 0.900. The van der Waals surface area contributed by atoms with E-state index in [4.69, 9.17) is 14.9 Å². The minimum atomic E-state index is -2.62. The zero-order chi connectivity index (χ0) is 14.1. The van der Waals surface area contributed by atoms with Gasteiger partial charge in [0, 0.05) is 12.3 Å². The maximum absolute atomic E-state index is 10.9. The normalized spacial score (nSPS) is 40.2. The average molecular weight is 266 g/mol. The first-order valence-electron chi connectivity index (χ1n) is 5.51. The number of carboxylic acids is 1. The van der Waals surface area contributed by atoms with Gasteiger partial charge in [-0.3, -0.25) is 0 Å². The average Bonchev–Trinajstić information content (AvgIpc) is 2.31. The first kappa shape index (κ1) is 15.3. The number of carbonyl (C=O) groups is 1. The van der Waals surface area contributed by atoms with Crippen LogP contribution in [0.3, 0.4) is 0 Å². The van der Waals surface area contributed by atoms with E-state index in [0.29, 0.717) is 0 Å². The fourth-order valence-electron chi connectivity index (χ4n) is 1.91. The Kier molecular flexibility index (Phi) is 4.65. The van der Waals surface area contributed by atoms with Gasteiger partial charge in [0.2, 0.25) is 0 Å². The molecule has 1 fully saturated rings. The van der Waals surface area contributed by atoms with Crippen LogP contribution in [0.2, 0.25) is 0 Å². The molecule has 6 atom stereocenters. The molecule has 0 radical (unpaired) electrons. The Balaban J connectivity index is 2.92. The molecule has 0 amide bonds.